The van der Waals surface area contributed by atoms with Crippen molar-refractivity contribution in [3.8, 4) is 16.9 Å². The minimum absolute atomic E-state index is 0.0851. The highest BCUT2D eigenvalue weighted by atomic mass is 19.1. The summed E-state index contributed by atoms with van der Waals surface area (Å²) in [6.07, 6.45) is -0.533. The fraction of sp³-hybridized carbons (Fsp3) is 0.381. The Labute approximate surface area is 159 Å². The van der Waals surface area contributed by atoms with Gasteiger partial charge in [0.25, 0.3) is 0 Å². The first-order valence-corrected chi connectivity index (χ1v) is 8.71. The molecule has 5 nitrogen and oxygen atoms in total. The molecule has 0 aromatic heterocycles. The van der Waals surface area contributed by atoms with Crippen molar-refractivity contribution >= 4 is 6.09 Å². The van der Waals surface area contributed by atoms with Crippen LogP contribution in [0.1, 0.15) is 39.3 Å². The molecule has 0 aliphatic rings. The molecule has 1 atom stereocenters. The van der Waals surface area contributed by atoms with Gasteiger partial charge in [0.1, 0.15) is 17.2 Å². The van der Waals surface area contributed by atoms with E-state index >= 15 is 0 Å². The molecule has 1 unspecified atom stereocenters. The largest absolute Gasteiger partial charge is 0.468 e. The summed E-state index contributed by atoms with van der Waals surface area (Å²) in [4.78, 5) is 12.1. The Morgan fingerprint density at radius 3 is 2.48 bits per heavy atom. The molecule has 0 saturated heterocycles. The number of carbonyl (C=O) groups is 1. The summed E-state index contributed by atoms with van der Waals surface area (Å²) < 4.78 is 30.1. The molecule has 0 aliphatic heterocycles. The van der Waals surface area contributed by atoms with Crippen LogP contribution in [0.5, 0.6) is 5.75 Å². The van der Waals surface area contributed by atoms with Crippen molar-refractivity contribution in [2.24, 2.45) is 0 Å². The number of ether oxygens (including phenoxy) is 3. The molecule has 0 fully saturated rings. The Morgan fingerprint density at radius 1 is 1.15 bits per heavy atom. The summed E-state index contributed by atoms with van der Waals surface area (Å²) in [5, 5.41) is 2.80. The van der Waals surface area contributed by atoms with Crippen molar-refractivity contribution in [3.05, 3.63) is 53.8 Å². The van der Waals surface area contributed by atoms with Gasteiger partial charge in [-0.15, -0.1) is 0 Å². The van der Waals surface area contributed by atoms with E-state index < -0.39 is 17.7 Å². The highest BCUT2D eigenvalue weighted by molar-refractivity contribution is 5.73. The Hall–Kier alpha value is -2.60. The predicted molar refractivity (Wildman–Crippen MR) is 102 cm³/mol. The first-order valence-electron chi connectivity index (χ1n) is 8.71. The van der Waals surface area contributed by atoms with E-state index in [1.54, 1.807) is 57.2 Å². The van der Waals surface area contributed by atoms with Crippen LogP contribution in [0.25, 0.3) is 11.1 Å². The zero-order valence-electron chi connectivity index (χ0n) is 16.3. The molecule has 6 heteroatoms. The number of benzene rings is 2. The highest BCUT2D eigenvalue weighted by Gasteiger charge is 2.21. The van der Waals surface area contributed by atoms with Crippen molar-refractivity contribution in [2.75, 3.05) is 13.9 Å². The van der Waals surface area contributed by atoms with Crippen LogP contribution in [0.3, 0.4) is 0 Å². The maximum Gasteiger partial charge on any atom is 0.408 e. The lowest BCUT2D eigenvalue weighted by Crippen LogP contribution is -2.34. The predicted octanol–water partition coefficient (Wildman–Crippen LogP) is 5.06. The number of hydrogen-bond acceptors (Lipinski definition) is 4. The Balaban J connectivity index is 2.37. The van der Waals surface area contributed by atoms with Crippen LogP contribution >= 0.6 is 0 Å². The number of amides is 1. The lowest BCUT2D eigenvalue weighted by Gasteiger charge is -2.23. The number of carbonyl (C=O) groups excluding carboxylic acids is 1. The molecule has 146 valence electrons. The molecular formula is C21H26FNO4. The van der Waals surface area contributed by atoms with Crippen molar-refractivity contribution in [3.63, 3.8) is 0 Å². The second-order valence-electron chi connectivity index (χ2n) is 7.15. The van der Waals surface area contributed by atoms with Crippen LogP contribution in [0.2, 0.25) is 0 Å². The lowest BCUT2D eigenvalue weighted by atomic mass is 9.95. The van der Waals surface area contributed by atoms with Crippen LogP contribution in [0.4, 0.5) is 9.18 Å². The van der Waals surface area contributed by atoms with Gasteiger partial charge in [-0.1, -0.05) is 24.3 Å². The van der Waals surface area contributed by atoms with E-state index in [1.807, 2.05) is 6.92 Å². The van der Waals surface area contributed by atoms with Gasteiger partial charge in [-0.25, -0.2) is 9.18 Å². The van der Waals surface area contributed by atoms with E-state index in [0.717, 1.165) is 5.56 Å². The third kappa shape index (κ3) is 5.96. The quantitative estimate of drug-likeness (QED) is 0.717. The number of methoxy groups -OCH3 is 1. The molecule has 0 aliphatic carbocycles. The van der Waals surface area contributed by atoms with Crippen LogP contribution in [0, 0.1) is 5.82 Å². The van der Waals surface area contributed by atoms with E-state index in [1.165, 1.54) is 13.2 Å². The summed E-state index contributed by atoms with van der Waals surface area (Å²) in [5.41, 5.74) is 1.20. The van der Waals surface area contributed by atoms with Crippen molar-refractivity contribution in [2.45, 2.75) is 39.3 Å². The molecule has 2 aromatic rings. The Bertz CT molecular complexity index is 786. The van der Waals surface area contributed by atoms with Crippen molar-refractivity contribution in [1.29, 1.82) is 0 Å². The maximum atomic E-state index is 14.4. The second-order valence-corrected chi connectivity index (χ2v) is 7.15. The summed E-state index contributed by atoms with van der Waals surface area (Å²) in [6, 6.07) is 11.4. The number of halogens is 1. The third-order valence-corrected chi connectivity index (χ3v) is 3.73. The average molecular weight is 375 g/mol. The van der Waals surface area contributed by atoms with Gasteiger partial charge in [0.05, 0.1) is 6.04 Å². The zero-order valence-corrected chi connectivity index (χ0v) is 16.3. The van der Waals surface area contributed by atoms with Crippen LogP contribution < -0.4 is 10.1 Å². The average Bonchev–Trinajstić information content (AvgIpc) is 2.58. The zero-order chi connectivity index (χ0) is 20.0. The molecule has 0 radical (unpaired) electrons. The highest BCUT2D eigenvalue weighted by Crippen LogP contribution is 2.33. The maximum absolute atomic E-state index is 14.4. The van der Waals surface area contributed by atoms with E-state index in [-0.39, 0.29) is 12.6 Å². The molecule has 1 amide bonds. The molecule has 2 rings (SSSR count). The topological polar surface area (TPSA) is 56.8 Å². The van der Waals surface area contributed by atoms with Gasteiger partial charge in [-0.3, -0.25) is 0 Å². The molecule has 1 N–H and O–H groups in total. The summed E-state index contributed by atoms with van der Waals surface area (Å²) in [6.45, 7) is 7.29. The normalized spacial score (nSPS) is 12.4. The van der Waals surface area contributed by atoms with Crippen LogP contribution in [0.15, 0.2) is 42.5 Å². The summed E-state index contributed by atoms with van der Waals surface area (Å²) in [7, 11) is 1.53. The van der Waals surface area contributed by atoms with E-state index in [4.69, 9.17) is 14.2 Å². The standard InChI is InChI=1S/C21H26FNO4/c1-14(23-20(24)27-21(2,3)4)16-11-10-15(26-13-25-5)12-18(16)17-8-6-7-9-19(17)22/h6-12,14H,13H2,1-5H3,(H,23,24). The van der Waals surface area contributed by atoms with E-state index in [2.05, 4.69) is 5.32 Å². The van der Waals surface area contributed by atoms with Gasteiger partial charge >= 0.3 is 6.09 Å². The van der Waals surface area contributed by atoms with E-state index in [0.29, 0.717) is 16.9 Å². The number of alkyl carbamates (subject to hydrolysis) is 1. The number of hydrogen-bond donors (Lipinski definition) is 1. The molecule has 0 bridgehead atoms. The second kappa shape index (κ2) is 8.86. The molecular weight excluding hydrogens is 349 g/mol. The van der Waals surface area contributed by atoms with Crippen LogP contribution in [-0.2, 0) is 9.47 Å². The fourth-order valence-corrected chi connectivity index (χ4v) is 2.60. The lowest BCUT2D eigenvalue weighted by molar-refractivity contribution is 0.0508. The molecule has 2 aromatic carbocycles. The van der Waals surface area contributed by atoms with Crippen LogP contribution in [-0.4, -0.2) is 25.6 Å². The van der Waals surface area contributed by atoms with Gasteiger partial charge in [0, 0.05) is 12.7 Å². The molecule has 0 saturated carbocycles. The SMILES string of the molecule is COCOc1ccc(C(C)NC(=O)OC(C)(C)C)c(-c2ccccc2F)c1. The van der Waals surface area contributed by atoms with Gasteiger partial charge in [-0.2, -0.15) is 0 Å². The molecule has 27 heavy (non-hydrogen) atoms. The Kier molecular flexibility index (Phi) is 6.80. The molecule has 0 spiro atoms. The van der Waals surface area contributed by atoms with Gasteiger partial charge in [-0.05, 0) is 57.0 Å². The monoisotopic (exact) mass is 375 g/mol. The summed E-state index contributed by atoms with van der Waals surface area (Å²) >= 11 is 0. The molecule has 0 heterocycles. The van der Waals surface area contributed by atoms with Crippen molar-refractivity contribution < 1.29 is 23.4 Å². The Morgan fingerprint density at radius 2 is 1.85 bits per heavy atom. The first kappa shape index (κ1) is 20.7. The van der Waals surface area contributed by atoms with E-state index in [9.17, 15) is 9.18 Å². The number of nitrogens with one attached hydrogen (secondary N) is 1. The minimum atomic E-state index is -0.601. The fourth-order valence-electron chi connectivity index (χ4n) is 2.60. The third-order valence-electron chi connectivity index (χ3n) is 3.73. The van der Waals surface area contributed by atoms with Gasteiger partial charge in [0.2, 0.25) is 0 Å². The summed E-state index contributed by atoms with van der Waals surface area (Å²) in [5.74, 6) is 0.190. The van der Waals surface area contributed by atoms with Gasteiger partial charge in [0.15, 0.2) is 6.79 Å². The number of rotatable bonds is 6. The first-order chi connectivity index (χ1) is 12.7. The smallest absolute Gasteiger partial charge is 0.408 e. The van der Waals surface area contributed by atoms with Gasteiger partial charge < -0.3 is 19.5 Å². The van der Waals surface area contributed by atoms with Crippen molar-refractivity contribution in [1.82, 2.24) is 5.32 Å². The minimum Gasteiger partial charge on any atom is -0.468 e.